The molecular weight excluding hydrogens is 242 g/mol. The van der Waals surface area contributed by atoms with Gasteiger partial charge in [-0.25, -0.2) is 0 Å². The van der Waals surface area contributed by atoms with Gasteiger partial charge in [-0.05, 0) is 53.0 Å². The fourth-order valence-electron chi connectivity index (χ4n) is 2.04. The zero-order valence-electron chi connectivity index (χ0n) is 12.1. The molecule has 19 heavy (non-hydrogen) atoms. The van der Waals surface area contributed by atoms with Crippen LogP contribution in [0.3, 0.4) is 0 Å². The van der Waals surface area contributed by atoms with Crippen molar-refractivity contribution in [3.63, 3.8) is 0 Å². The van der Waals surface area contributed by atoms with Gasteiger partial charge in [0.2, 0.25) is 0 Å². The SMILES string of the molecule is CNCCCN(C)C(C)c1ccc(C)c([N+](=O)[O-])c1. The first-order chi connectivity index (χ1) is 8.97. The molecule has 0 aliphatic heterocycles. The lowest BCUT2D eigenvalue weighted by Gasteiger charge is -2.25. The quantitative estimate of drug-likeness (QED) is 0.467. The Bertz CT molecular complexity index is 435. The lowest BCUT2D eigenvalue weighted by atomic mass is 10.0. The fraction of sp³-hybridized carbons (Fsp3) is 0.571. The van der Waals surface area contributed by atoms with Crippen molar-refractivity contribution < 1.29 is 4.92 Å². The van der Waals surface area contributed by atoms with E-state index in [0.29, 0.717) is 5.56 Å². The smallest absolute Gasteiger partial charge is 0.272 e. The van der Waals surface area contributed by atoms with E-state index < -0.39 is 0 Å². The summed E-state index contributed by atoms with van der Waals surface area (Å²) in [5.74, 6) is 0. The highest BCUT2D eigenvalue weighted by molar-refractivity contribution is 5.43. The zero-order chi connectivity index (χ0) is 14.4. The second-order valence-electron chi connectivity index (χ2n) is 4.92. The van der Waals surface area contributed by atoms with Crippen LogP contribution in [0.4, 0.5) is 5.69 Å². The van der Waals surface area contributed by atoms with Gasteiger partial charge < -0.3 is 5.32 Å². The molecule has 0 heterocycles. The van der Waals surface area contributed by atoms with E-state index in [1.807, 2.05) is 26.2 Å². The largest absolute Gasteiger partial charge is 0.320 e. The second-order valence-corrected chi connectivity index (χ2v) is 4.92. The molecule has 0 aliphatic rings. The van der Waals surface area contributed by atoms with Crippen LogP contribution >= 0.6 is 0 Å². The number of nitrogens with one attached hydrogen (secondary N) is 1. The number of rotatable bonds is 7. The average molecular weight is 265 g/mol. The Morgan fingerprint density at radius 3 is 2.74 bits per heavy atom. The maximum atomic E-state index is 11.0. The first-order valence-corrected chi connectivity index (χ1v) is 6.57. The van der Waals surface area contributed by atoms with Crippen molar-refractivity contribution in [3.8, 4) is 0 Å². The second kappa shape index (κ2) is 7.21. The topological polar surface area (TPSA) is 58.4 Å². The molecular formula is C14H23N3O2. The number of nitro groups is 1. The molecule has 0 spiro atoms. The Balaban J connectivity index is 2.78. The molecule has 0 saturated carbocycles. The minimum atomic E-state index is -0.313. The van der Waals surface area contributed by atoms with Gasteiger partial charge in [0.15, 0.2) is 0 Å². The summed E-state index contributed by atoms with van der Waals surface area (Å²) >= 11 is 0. The van der Waals surface area contributed by atoms with Gasteiger partial charge in [-0.1, -0.05) is 12.1 Å². The monoisotopic (exact) mass is 265 g/mol. The standard InChI is InChI=1S/C14H23N3O2/c1-11-6-7-13(10-14(11)17(18)19)12(2)16(4)9-5-8-15-3/h6-7,10,12,15H,5,8-9H2,1-4H3. The molecule has 106 valence electrons. The van der Waals surface area contributed by atoms with Gasteiger partial charge in [-0.15, -0.1) is 0 Å². The minimum Gasteiger partial charge on any atom is -0.320 e. The van der Waals surface area contributed by atoms with Crippen LogP contribution < -0.4 is 5.32 Å². The lowest BCUT2D eigenvalue weighted by molar-refractivity contribution is -0.385. The lowest BCUT2D eigenvalue weighted by Crippen LogP contribution is -2.25. The number of aryl methyl sites for hydroxylation is 1. The van der Waals surface area contributed by atoms with Crippen LogP contribution in [0.15, 0.2) is 18.2 Å². The van der Waals surface area contributed by atoms with Gasteiger partial charge in [0.1, 0.15) is 0 Å². The highest BCUT2D eigenvalue weighted by Gasteiger charge is 2.16. The van der Waals surface area contributed by atoms with Crippen LogP contribution in [0.2, 0.25) is 0 Å². The van der Waals surface area contributed by atoms with E-state index in [4.69, 9.17) is 0 Å². The van der Waals surface area contributed by atoms with Gasteiger partial charge in [-0.2, -0.15) is 0 Å². The van der Waals surface area contributed by atoms with E-state index in [0.717, 1.165) is 25.1 Å². The molecule has 0 aliphatic carbocycles. The maximum Gasteiger partial charge on any atom is 0.272 e. The van der Waals surface area contributed by atoms with Crippen molar-refractivity contribution in [1.29, 1.82) is 0 Å². The third kappa shape index (κ3) is 4.29. The Hall–Kier alpha value is -1.46. The summed E-state index contributed by atoms with van der Waals surface area (Å²) in [4.78, 5) is 12.9. The van der Waals surface area contributed by atoms with E-state index in [1.54, 1.807) is 13.0 Å². The summed E-state index contributed by atoms with van der Waals surface area (Å²) in [6, 6.07) is 5.66. The predicted octanol–water partition coefficient (Wildman–Crippen LogP) is 2.51. The fourth-order valence-corrected chi connectivity index (χ4v) is 2.04. The van der Waals surface area contributed by atoms with E-state index in [2.05, 4.69) is 17.1 Å². The minimum absolute atomic E-state index is 0.177. The van der Waals surface area contributed by atoms with E-state index in [9.17, 15) is 10.1 Å². The highest BCUT2D eigenvalue weighted by Crippen LogP contribution is 2.25. The first-order valence-electron chi connectivity index (χ1n) is 6.57. The van der Waals surface area contributed by atoms with Crippen molar-refractivity contribution >= 4 is 5.69 Å². The maximum absolute atomic E-state index is 11.0. The Labute approximate surface area is 114 Å². The molecule has 1 unspecified atom stereocenters. The van der Waals surface area contributed by atoms with E-state index in [1.165, 1.54) is 0 Å². The zero-order valence-corrected chi connectivity index (χ0v) is 12.1. The van der Waals surface area contributed by atoms with Crippen molar-refractivity contribution in [1.82, 2.24) is 10.2 Å². The molecule has 0 radical (unpaired) electrons. The van der Waals surface area contributed by atoms with Crippen LogP contribution in [0.5, 0.6) is 0 Å². The number of hydrogen-bond acceptors (Lipinski definition) is 4. The van der Waals surface area contributed by atoms with Gasteiger partial charge >= 0.3 is 0 Å². The van der Waals surface area contributed by atoms with Crippen LogP contribution in [-0.4, -0.2) is 37.0 Å². The molecule has 0 bridgehead atoms. The number of benzene rings is 1. The Morgan fingerprint density at radius 2 is 2.16 bits per heavy atom. The molecule has 5 nitrogen and oxygen atoms in total. The molecule has 1 rings (SSSR count). The molecule has 1 N–H and O–H groups in total. The average Bonchev–Trinajstić information content (AvgIpc) is 2.38. The summed E-state index contributed by atoms with van der Waals surface area (Å²) < 4.78 is 0. The summed E-state index contributed by atoms with van der Waals surface area (Å²) in [5.41, 5.74) is 1.90. The molecule has 1 aromatic rings. The Kier molecular flexibility index (Phi) is 5.92. The molecule has 1 atom stereocenters. The molecule has 0 aromatic heterocycles. The summed E-state index contributed by atoms with van der Waals surface area (Å²) in [5, 5.41) is 14.1. The van der Waals surface area contributed by atoms with Crippen molar-refractivity contribution in [3.05, 3.63) is 39.4 Å². The third-order valence-electron chi connectivity index (χ3n) is 3.51. The first kappa shape index (κ1) is 15.6. The van der Waals surface area contributed by atoms with Crippen LogP contribution in [0.25, 0.3) is 0 Å². The Morgan fingerprint density at radius 1 is 1.47 bits per heavy atom. The summed E-state index contributed by atoms with van der Waals surface area (Å²) in [7, 11) is 3.98. The van der Waals surface area contributed by atoms with Crippen LogP contribution in [-0.2, 0) is 0 Å². The molecule has 1 aromatic carbocycles. The predicted molar refractivity (Wildman–Crippen MR) is 77.4 cm³/mol. The van der Waals surface area contributed by atoms with Gasteiger partial charge in [0, 0.05) is 17.7 Å². The van der Waals surface area contributed by atoms with Crippen molar-refractivity contribution in [2.45, 2.75) is 26.3 Å². The number of nitro benzene ring substituents is 1. The molecule has 0 amide bonds. The van der Waals surface area contributed by atoms with Crippen LogP contribution in [0.1, 0.15) is 30.5 Å². The molecule has 0 fully saturated rings. The van der Waals surface area contributed by atoms with E-state index in [-0.39, 0.29) is 16.7 Å². The number of hydrogen-bond donors (Lipinski definition) is 1. The van der Waals surface area contributed by atoms with Crippen LogP contribution in [0, 0.1) is 17.0 Å². The number of nitrogens with zero attached hydrogens (tertiary/aromatic N) is 2. The van der Waals surface area contributed by atoms with Crippen molar-refractivity contribution in [2.24, 2.45) is 0 Å². The van der Waals surface area contributed by atoms with Gasteiger partial charge in [0.05, 0.1) is 4.92 Å². The third-order valence-corrected chi connectivity index (χ3v) is 3.51. The van der Waals surface area contributed by atoms with E-state index >= 15 is 0 Å². The molecule has 0 saturated heterocycles. The normalized spacial score (nSPS) is 12.7. The highest BCUT2D eigenvalue weighted by atomic mass is 16.6. The van der Waals surface area contributed by atoms with Crippen molar-refractivity contribution in [2.75, 3.05) is 27.2 Å². The summed E-state index contributed by atoms with van der Waals surface area (Å²) in [6.07, 6.45) is 1.06. The van der Waals surface area contributed by atoms with Gasteiger partial charge in [-0.3, -0.25) is 15.0 Å². The van der Waals surface area contributed by atoms with Gasteiger partial charge in [0.25, 0.3) is 5.69 Å². The summed E-state index contributed by atoms with van der Waals surface area (Å²) in [6.45, 7) is 5.78. The molecule has 5 heteroatoms.